The lowest BCUT2D eigenvalue weighted by atomic mass is 10.1. The highest BCUT2D eigenvalue weighted by atomic mass is 19.4. The molecule has 0 unspecified atom stereocenters. The van der Waals surface area contributed by atoms with Gasteiger partial charge in [0, 0.05) is 12.6 Å². The number of carboxylic acids is 1. The number of anilines is 1. The van der Waals surface area contributed by atoms with Crippen molar-refractivity contribution >= 4 is 23.3 Å². The molecule has 0 aromatic heterocycles. The van der Waals surface area contributed by atoms with E-state index in [1.165, 1.54) is 35.2 Å². The van der Waals surface area contributed by atoms with Crippen LogP contribution in [0.15, 0.2) is 54.2 Å². The monoisotopic (exact) mass is 392 g/mol. The fourth-order valence-electron chi connectivity index (χ4n) is 2.73. The number of halogens is 3. The number of benzene rings is 2. The fourth-order valence-corrected chi connectivity index (χ4v) is 2.73. The smallest absolute Gasteiger partial charge is 0.416 e. The lowest BCUT2D eigenvalue weighted by Gasteiger charge is -2.14. The third kappa shape index (κ3) is 3.78. The molecule has 2 N–H and O–H groups in total. The van der Waals surface area contributed by atoms with Gasteiger partial charge in [0.05, 0.1) is 16.8 Å². The standard InChI is InChI=1S/C19H15F3N2O4/c1-24-10-28-16(11-6-8-12(9-7-11)19(20,21)22)15(24)17(25)23-14-5-3-2-4-13(14)18(26)27/h2-9H,10H2,1H3,(H,23,25)(H,26,27). The molecule has 146 valence electrons. The van der Waals surface area contributed by atoms with Crippen LogP contribution in [0.5, 0.6) is 0 Å². The SMILES string of the molecule is CN1COC(c2ccc(C(F)(F)F)cc2)=C1C(=O)Nc1ccccc1C(=O)O. The maximum Gasteiger partial charge on any atom is 0.416 e. The zero-order chi connectivity index (χ0) is 20.5. The molecular weight excluding hydrogens is 377 g/mol. The Morgan fingerprint density at radius 3 is 2.36 bits per heavy atom. The van der Waals surface area contributed by atoms with Crippen LogP contribution in [0.3, 0.4) is 0 Å². The first-order chi connectivity index (χ1) is 13.2. The molecule has 0 atom stereocenters. The second-order valence-corrected chi connectivity index (χ2v) is 6.03. The zero-order valence-corrected chi connectivity index (χ0v) is 14.6. The van der Waals surface area contributed by atoms with E-state index in [0.29, 0.717) is 5.56 Å². The Morgan fingerprint density at radius 2 is 1.75 bits per heavy atom. The molecule has 0 fully saturated rings. The van der Waals surface area contributed by atoms with Crippen molar-refractivity contribution in [3.63, 3.8) is 0 Å². The molecule has 0 spiro atoms. The maximum absolute atomic E-state index is 12.7. The lowest BCUT2D eigenvalue weighted by molar-refractivity contribution is -0.137. The van der Waals surface area contributed by atoms with Crippen molar-refractivity contribution in [2.45, 2.75) is 6.18 Å². The maximum atomic E-state index is 12.7. The highest BCUT2D eigenvalue weighted by Crippen LogP contribution is 2.33. The quantitative estimate of drug-likeness (QED) is 0.831. The van der Waals surface area contributed by atoms with Crippen LogP contribution < -0.4 is 5.32 Å². The highest BCUT2D eigenvalue weighted by molar-refractivity contribution is 6.10. The lowest BCUT2D eigenvalue weighted by Crippen LogP contribution is -2.26. The molecule has 3 rings (SSSR count). The Bertz CT molecular complexity index is 952. The number of likely N-dealkylation sites (N-methyl/N-ethyl adjacent to an activating group) is 1. The van der Waals surface area contributed by atoms with Crippen LogP contribution in [0.25, 0.3) is 5.76 Å². The summed E-state index contributed by atoms with van der Waals surface area (Å²) in [6.45, 7) is 0.0275. The van der Waals surface area contributed by atoms with Gasteiger partial charge >= 0.3 is 12.1 Å². The van der Waals surface area contributed by atoms with Crippen LogP contribution in [-0.4, -0.2) is 35.7 Å². The summed E-state index contributed by atoms with van der Waals surface area (Å²) in [6.07, 6.45) is -4.47. The van der Waals surface area contributed by atoms with Crippen LogP contribution in [0.1, 0.15) is 21.5 Å². The summed E-state index contributed by atoms with van der Waals surface area (Å²) in [5.41, 5.74) is -0.424. The van der Waals surface area contributed by atoms with Crippen LogP contribution in [0, 0.1) is 0 Å². The van der Waals surface area contributed by atoms with E-state index in [2.05, 4.69) is 5.32 Å². The minimum atomic E-state index is -4.47. The molecule has 9 heteroatoms. The predicted molar refractivity (Wildman–Crippen MR) is 94.1 cm³/mol. The van der Waals surface area contributed by atoms with Gasteiger partial charge in [0.1, 0.15) is 5.70 Å². The number of hydrogen-bond acceptors (Lipinski definition) is 4. The van der Waals surface area contributed by atoms with Gasteiger partial charge in [-0.2, -0.15) is 13.2 Å². The molecule has 0 saturated heterocycles. The minimum absolute atomic E-state index is 0.0275. The summed E-state index contributed by atoms with van der Waals surface area (Å²) in [5, 5.41) is 11.7. The normalized spacial score (nSPS) is 14.1. The van der Waals surface area contributed by atoms with E-state index in [4.69, 9.17) is 4.74 Å². The van der Waals surface area contributed by atoms with E-state index in [9.17, 15) is 27.9 Å². The molecule has 0 radical (unpaired) electrons. The van der Waals surface area contributed by atoms with E-state index < -0.39 is 23.6 Å². The fraction of sp³-hybridized carbons (Fsp3) is 0.158. The van der Waals surface area contributed by atoms with Crippen molar-refractivity contribution in [1.82, 2.24) is 4.90 Å². The second kappa shape index (κ2) is 7.26. The average Bonchev–Trinajstić information content (AvgIpc) is 3.03. The molecule has 1 aliphatic heterocycles. The summed E-state index contributed by atoms with van der Waals surface area (Å²) < 4.78 is 43.7. The molecule has 2 aromatic carbocycles. The van der Waals surface area contributed by atoms with Gasteiger partial charge in [-0.3, -0.25) is 4.79 Å². The van der Waals surface area contributed by atoms with Gasteiger partial charge in [-0.1, -0.05) is 24.3 Å². The third-order valence-electron chi connectivity index (χ3n) is 4.09. The number of para-hydroxylation sites is 1. The van der Waals surface area contributed by atoms with Crippen molar-refractivity contribution < 1.29 is 32.6 Å². The Kier molecular flexibility index (Phi) is 5.00. The van der Waals surface area contributed by atoms with Gasteiger partial charge in [0.15, 0.2) is 12.5 Å². The molecule has 0 aliphatic carbocycles. The molecule has 1 aliphatic rings. The zero-order valence-electron chi connectivity index (χ0n) is 14.6. The van der Waals surface area contributed by atoms with Crippen LogP contribution in [-0.2, 0) is 15.7 Å². The summed E-state index contributed by atoms with van der Waals surface area (Å²) in [5.74, 6) is -1.73. The summed E-state index contributed by atoms with van der Waals surface area (Å²) in [6, 6.07) is 10.1. The van der Waals surface area contributed by atoms with Gasteiger partial charge in [0.2, 0.25) is 0 Å². The Balaban J connectivity index is 1.94. The number of carbonyl (C=O) groups is 2. The van der Waals surface area contributed by atoms with Crippen molar-refractivity contribution in [3.8, 4) is 0 Å². The van der Waals surface area contributed by atoms with E-state index in [1.807, 2.05) is 0 Å². The number of aromatic carboxylic acids is 1. The number of carboxylic acid groups (broad SMARTS) is 1. The molecule has 1 amide bonds. The van der Waals surface area contributed by atoms with Crippen LogP contribution in [0.4, 0.5) is 18.9 Å². The molecule has 1 heterocycles. The van der Waals surface area contributed by atoms with Gasteiger partial charge in [0.25, 0.3) is 5.91 Å². The van der Waals surface area contributed by atoms with E-state index in [0.717, 1.165) is 12.1 Å². The molecule has 6 nitrogen and oxygen atoms in total. The van der Waals surface area contributed by atoms with Crippen LogP contribution >= 0.6 is 0 Å². The van der Waals surface area contributed by atoms with E-state index in [1.54, 1.807) is 13.1 Å². The number of hydrogen-bond donors (Lipinski definition) is 2. The summed E-state index contributed by atoms with van der Waals surface area (Å²) >= 11 is 0. The first kappa shape index (κ1) is 19.3. The Morgan fingerprint density at radius 1 is 1.11 bits per heavy atom. The second-order valence-electron chi connectivity index (χ2n) is 6.03. The number of carbonyl (C=O) groups excluding carboxylic acids is 1. The van der Waals surface area contributed by atoms with Crippen molar-refractivity contribution in [2.75, 3.05) is 19.1 Å². The molecular formula is C19H15F3N2O4. The number of amides is 1. The Hall–Kier alpha value is -3.49. The molecule has 28 heavy (non-hydrogen) atoms. The topological polar surface area (TPSA) is 78.9 Å². The first-order valence-corrected chi connectivity index (χ1v) is 8.08. The number of alkyl halides is 3. The third-order valence-corrected chi connectivity index (χ3v) is 4.09. The largest absolute Gasteiger partial charge is 0.478 e. The van der Waals surface area contributed by atoms with Crippen molar-refractivity contribution in [3.05, 3.63) is 70.9 Å². The number of ether oxygens (including phenoxy) is 1. The Labute approximate surface area is 157 Å². The molecule has 0 bridgehead atoms. The van der Waals surface area contributed by atoms with Gasteiger partial charge in [-0.05, 0) is 24.3 Å². The van der Waals surface area contributed by atoms with Gasteiger partial charge in [-0.25, -0.2) is 4.79 Å². The minimum Gasteiger partial charge on any atom is -0.478 e. The summed E-state index contributed by atoms with van der Waals surface area (Å²) in [7, 11) is 1.58. The molecule has 0 saturated carbocycles. The predicted octanol–water partition coefficient (Wildman–Crippen LogP) is 3.63. The van der Waals surface area contributed by atoms with Gasteiger partial charge < -0.3 is 20.1 Å². The van der Waals surface area contributed by atoms with Crippen molar-refractivity contribution in [2.24, 2.45) is 0 Å². The van der Waals surface area contributed by atoms with Crippen LogP contribution in [0.2, 0.25) is 0 Å². The van der Waals surface area contributed by atoms with Crippen molar-refractivity contribution in [1.29, 1.82) is 0 Å². The number of rotatable bonds is 4. The first-order valence-electron chi connectivity index (χ1n) is 8.08. The summed E-state index contributed by atoms with van der Waals surface area (Å²) in [4.78, 5) is 25.5. The van der Waals surface area contributed by atoms with E-state index >= 15 is 0 Å². The number of nitrogens with one attached hydrogen (secondary N) is 1. The van der Waals surface area contributed by atoms with E-state index in [-0.39, 0.29) is 29.4 Å². The number of nitrogens with zero attached hydrogens (tertiary/aromatic N) is 1. The highest BCUT2D eigenvalue weighted by Gasteiger charge is 2.32. The molecule has 2 aromatic rings. The average molecular weight is 392 g/mol. The van der Waals surface area contributed by atoms with Gasteiger partial charge in [-0.15, -0.1) is 0 Å².